The largest absolute Gasteiger partial charge is 0.497 e. The second-order valence-corrected chi connectivity index (χ2v) is 6.19. The van der Waals surface area contributed by atoms with Crippen LogP contribution >= 0.6 is 0 Å². The van der Waals surface area contributed by atoms with Crippen LogP contribution in [-0.2, 0) is 9.53 Å². The Hall–Kier alpha value is -2.33. The first-order valence-electron chi connectivity index (χ1n) is 8.26. The Morgan fingerprint density at radius 1 is 1.12 bits per heavy atom. The van der Waals surface area contributed by atoms with Gasteiger partial charge in [0.1, 0.15) is 5.75 Å². The van der Waals surface area contributed by atoms with Crippen molar-refractivity contribution in [2.45, 2.75) is 19.4 Å². The van der Waals surface area contributed by atoms with Gasteiger partial charge in [-0.15, -0.1) is 0 Å². The zero-order valence-electron chi connectivity index (χ0n) is 14.1. The standard InChI is InChI=1S/C20H23NO3/c1-14-3-5-15(6-4-14)19(16-7-9-18(23-2)10-8-16)21-20(22)17-11-12-24-13-17/h3-10,17,19H,11-13H2,1-2H3,(H,21,22)/t17-,19-/m0/s1. The van der Waals surface area contributed by atoms with Crippen LogP contribution in [0.4, 0.5) is 0 Å². The number of nitrogens with one attached hydrogen (secondary N) is 1. The molecule has 0 unspecified atom stereocenters. The number of hydrogen-bond donors (Lipinski definition) is 1. The summed E-state index contributed by atoms with van der Waals surface area (Å²) in [5, 5.41) is 3.19. The van der Waals surface area contributed by atoms with Gasteiger partial charge in [-0.3, -0.25) is 4.79 Å². The smallest absolute Gasteiger partial charge is 0.226 e. The minimum absolute atomic E-state index is 0.0499. The van der Waals surface area contributed by atoms with E-state index in [0.29, 0.717) is 13.2 Å². The quantitative estimate of drug-likeness (QED) is 0.918. The number of amides is 1. The Kier molecular flexibility index (Phi) is 5.16. The van der Waals surface area contributed by atoms with Gasteiger partial charge in [-0.25, -0.2) is 0 Å². The van der Waals surface area contributed by atoms with Crippen molar-refractivity contribution in [1.82, 2.24) is 5.32 Å². The van der Waals surface area contributed by atoms with Gasteiger partial charge in [-0.05, 0) is 36.6 Å². The summed E-state index contributed by atoms with van der Waals surface area (Å²) in [5.74, 6) is 0.794. The third-order valence-electron chi connectivity index (χ3n) is 4.45. The zero-order valence-corrected chi connectivity index (χ0v) is 14.1. The van der Waals surface area contributed by atoms with Gasteiger partial charge in [0.25, 0.3) is 0 Å². The molecule has 1 aliphatic rings. The molecule has 0 bridgehead atoms. The van der Waals surface area contributed by atoms with E-state index >= 15 is 0 Å². The summed E-state index contributed by atoms with van der Waals surface area (Å²) >= 11 is 0. The Bertz CT molecular complexity index is 673. The molecule has 4 nitrogen and oxygen atoms in total. The van der Waals surface area contributed by atoms with Gasteiger partial charge < -0.3 is 14.8 Å². The lowest BCUT2D eigenvalue weighted by Crippen LogP contribution is -2.34. The van der Waals surface area contributed by atoms with E-state index in [4.69, 9.17) is 9.47 Å². The van der Waals surface area contributed by atoms with Crippen LogP contribution in [-0.4, -0.2) is 26.2 Å². The summed E-state index contributed by atoms with van der Waals surface area (Å²) in [4.78, 5) is 12.6. The van der Waals surface area contributed by atoms with Crippen molar-refractivity contribution >= 4 is 5.91 Å². The average molecular weight is 325 g/mol. The minimum Gasteiger partial charge on any atom is -0.497 e. The molecule has 0 spiro atoms. The van der Waals surface area contributed by atoms with Crippen LogP contribution in [0.5, 0.6) is 5.75 Å². The number of carbonyl (C=O) groups is 1. The van der Waals surface area contributed by atoms with Gasteiger partial charge in [0.2, 0.25) is 5.91 Å². The third kappa shape index (κ3) is 3.77. The van der Waals surface area contributed by atoms with Gasteiger partial charge in [-0.2, -0.15) is 0 Å². The van der Waals surface area contributed by atoms with E-state index in [1.54, 1.807) is 7.11 Å². The maximum atomic E-state index is 12.6. The molecule has 2 atom stereocenters. The van der Waals surface area contributed by atoms with E-state index in [-0.39, 0.29) is 17.9 Å². The number of carbonyl (C=O) groups excluding carboxylic acids is 1. The molecule has 126 valence electrons. The highest BCUT2D eigenvalue weighted by atomic mass is 16.5. The topological polar surface area (TPSA) is 47.6 Å². The fourth-order valence-corrected chi connectivity index (χ4v) is 2.92. The molecule has 0 aliphatic carbocycles. The first-order chi connectivity index (χ1) is 11.7. The maximum absolute atomic E-state index is 12.6. The van der Waals surface area contributed by atoms with Gasteiger partial charge in [-0.1, -0.05) is 42.0 Å². The van der Waals surface area contributed by atoms with Crippen LogP contribution in [0.15, 0.2) is 48.5 Å². The lowest BCUT2D eigenvalue weighted by Gasteiger charge is -2.22. The van der Waals surface area contributed by atoms with Gasteiger partial charge in [0.05, 0.1) is 25.7 Å². The van der Waals surface area contributed by atoms with Crippen LogP contribution < -0.4 is 10.1 Å². The maximum Gasteiger partial charge on any atom is 0.226 e. The van der Waals surface area contributed by atoms with E-state index in [1.165, 1.54) is 5.56 Å². The van der Waals surface area contributed by atoms with E-state index < -0.39 is 0 Å². The molecule has 3 rings (SSSR count). The lowest BCUT2D eigenvalue weighted by atomic mass is 9.96. The summed E-state index contributed by atoms with van der Waals surface area (Å²) in [6.07, 6.45) is 0.787. The number of ether oxygens (including phenoxy) is 2. The molecule has 1 N–H and O–H groups in total. The Balaban J connectivity index is 1.87. The van der Waals surface area contributed by atoms with Crippen molar-refractivity contribution in [1.29, 1.82) is 0 Å². The van der Waals surface area contributed by atoms with Gasteiger partial charge >= 0.3 is 0 Å². The van der Waals surface area contributed by atoms with Crippen molar-refractivity contribution in [2.24, 2.45) is 5.92 Å². The monoisotopic (exact) mass is 325 g/mol. The molecule has 0 radical (unpaired) electrons. The van der Waals surface area contributed by atoms with Crippen molar-refractivity contribution in [2.75, 3.05) is 20.3 Å². The van der Waals surface area contributed by atoms with Gasteiger partial charge in [0, 0.05) is 6.61 Å². The number of benzene rings is 2. The fraction of sp³-hybridized carbons (Fsp3) is 0.350. The summed E-state index contributed by atoms with van der Waals surface area (Å²) in [6.45, 7) is 3.23. The van der Waals surface area contributed by atoms with Crippen LogP contribution in [0.1, 0.15) is 29.2 Å². The molecule has 0 aromatic heterocycles. The zero-order chi connectivity index (χ0) is 16.9. The molecule has 1 aliphatic heterocycles. The molecule has 1 amide bonds. The third-order valence-corrected chi connectivity index (χ3v) is 4.45. The molecule has 1 heterocycles. The van der Waals surface area contributed by atoms with Crippen molar-refractivity contribution in [3.05, 3.63) is 65.2 Å². The number of aryl methyl sites for hydroxylation is 1. The van der Waals surface area contributed by atoms with Gasteiger partial charge in [0.15, 0.2) is 0 Å². The Labute approximate surface area is 142 Å². The predicted octanol–water partition coefficient (Wildman–Crippen LogP) is 3.25. The molecule has 1 fully saturated rings. The van der Waals surface area contributed by atoms with Crippen LogP contribution in [0.2, 0.25) is 0 Å². The number of rotatable bonds is 5. The van der Waals surface area contributed by atoms with Crippen molar-refractivity contribution < 1.29 is 14.3 Å². The molecular formula is C20H23NO3. The molecule has 0 saturated carbocycles. The summed E-state index contributed by atoms with van der Waals surface area (Å²) in [6, 6.07) is 15.9. The second kappa shape index (κ2) is 7.49. The van der Waals surface area contributed by atoms with Crippen LogP contribution in [0.3, 0.4) is 0 Å². The molecule has 1 saturated heterocycles. The highest BCUT2D eigenvalue weighted by Crippen LogP contribution is 2.26. The van der Waals surface area contributed by atoms with E-state index in [9.17, 15) is 4.79 Å². The summed E-state index contributed by atoms with van der Waals surface area (Å²) in [7, 11) is 1.65. The van der Waals surface area contributed by atoms with E-state index in [0.717, 1.165) is 23.3 Å². The summed E-state index contributed by atoms with van der Waals surface area (Å²) in [5.41, 5.74) is 3.30. The highest BCUT2D eigenvalue weighted by molar-refractivity contribution is 5.80. The molecule has 2 aromatic carbocycles. The van der Waals surface area contributed by atoms with E-state index in [2.05, 4.69) is 36.5 Å². The first-order valence-corrected chi connectivity index (χ1v) is 8.26. The number of hydrogen-bond acceptors (Lipinski definition) is 3. The average Bonchev–Trinajstić information content (AvgIpc) is 3.15. The lowest BCUT2D eigenvalue weighted by molar-refractivity contribution is -0.125. The molecule has 24 heavy (non-hydrogen) atoms. The van der Waals surface area contributed by atoms with Crippen molar-refractivity contribution in [3.63, 3.8) is 0 Å². The minimum atomic E-state index is -0.176. The Morgan fingerprint density at radius 2 is 1.75 bits per heavy atom. The molecule has 2 aromatic rings. The first kappa shape index (κ1) is 16.5. The molecular weight excluding hydrogens is 302 g/mol. The Morgan fingerprint density at radius 3 is 2.29 bits per heavy atom. The van der Waals surface area contributed by atoms with E-state index in [1.807, 2.05) is 24.3 Å². The number of methoxy groups -OCH3 is 1. The summed E-state index contributed by atoms with van der Waals surface area (Å²) < 4.78 is 10.6. The highest BCUT2D eigenvalue weighted by Gasteiger charge is 2.26. The predicted molar refractivity (Wildman–Crippen MR) is 93.1 cm³/mol. The van der Waals surface area contributed by atoms with Crippen molar-refractivity contribution in [3.8, 4) is 5.75 Å². The normalized spacial score (nSPS) is 18.2. The second-order valence-electron chi connectivity index (χ2n) is 6.19. The fourth-order valence-electron chi connectivity index (χ4n) is 2.92. The molecule has 4 heteroatoms. The van der Waals surface area contributed by atoms with Crippen LogP contribution in [0, 0.1) is 12.8 Å². The SMILES string of the molecule is COc1ccc([C@@H](NC(=O)[C@H]2CCOC2)c2ccc(C)cc2)cc1. The van der Waals surface area contributed by atoms with Crippen LogP contribution in [0.25, 0.3) is 0 Å².